The van der Waals surface area contributed by atoms with Crippen molar-refractivity contribution in [2.45, 2.75) is 31.6 Å². The molecule has 0 saturated heterocycles. The highest BCUT2D eigenvalue weighted by Gasteiger charge is 2.48. The molecule has 212 valence electrons. The lowest BCUT2D eigenvalue weighted by Crippen LogP contribution is -2.35. The van der Waals surface area contributed by atoms with E-state index in [-0.39, 0.29) is 30.8 Å². The second-order valence-electron chi connectivity index (χ2n) is 10.3. The fourth-order valence-corrected chi connectivity index (χ4v) is 6.21. The maximum atomic E-state index is 13.0. The van der Waals surface area contributed by atoms with Gasteiger partial charge in [0.2, 0.25) is 15.9 Å². The molecule has 0 bridgehead atoms. The Morgan fingerprint density at radius 2 is 1.85 bits per heavy atom. The lowest BCUT2D eigenvalue weighted by atomic mass is 10.0. The van der Waals surface area contributed by atoms with Crippen LogP contribution in [0.1, 0.15) is 47.7 Å². The van der Waals surface area contributed by atoms with Gasteiger partial charge in [-0.15, -0.1) is 0 Å². The van der Waals surface area contributed by atoms with Crippen molar-refractivity contribution in [1.82, 2.24) is 20.4 Å². The van der Waals surface area contributed by atoms with Crippen molar-refractivity contribution >= 4 is 60.3 Å². The monoisotopic (exact) mass is 631 g/mol. The SMILES string of the molecule is CNC(=O)c1c2cc(C3CC3)c(N(CCCNC(=O)[C@H]3C[C@@H]3C(=O)O)S(C)(=O)=O)cc2nn1-c1ccc(Br)cc1. The fraction of sp³-hybridized carbons (Fsp3) is 0.407. The Balaban J connectivity index is 1.47. The van der Waals surface area contributed by atoms with Crippen LogP contribution in [0.3, 0.4) is 0 Å². The number of carboxylic acids is 1. The zero-order chi connectivity index (χ0) is 28.8. The van der Waals surface area contributed by atoms with Gasteiger partial charge in [0.25, 0.3) is 5.91 Å². The number of sulfonamides is 1. The van der Waals surface area contributed by atoms with Crippen molar-refractivity contribution in [3.63, 3.8) is 0 Å². The molecular formula is C27H30BrN5O6S. The summed E-state index contributed by atoms with van der Waals surface area (Å²) in [5, 5.41) is 19.8. The minimum atomic E-state index is -3.70. The van der Waals surface area contributed by atoms with Gasteiger partial charge in [-0.1, -0.05) is 15.9 Å². The highest BCUT2D eigenvalue weighted by molar-refractivity contribution is 9.10. The highest BCUT2D eigenvalue weighted by Crippen LogP contribution is 2.46. The van der Waals surface area contributed by atoms with E-state index >= 15 is 0 Å². The Kier molecular flexibility index (Phi) is 7.62. The van der Waals surface area contributed by atoms with Crippen LogP contribution in [0.2, 0.25) is 0 Å². The van der Waals surface area contributed by atoms with Crippen LogP contribution in [0, 0.1) is 11.8 Å². The molecule has 13 heteroatoms. The maximum Gasteiger partial charge on any atom is 0.307 e. The van der Waals surface area contributed by atoms with Crippen molar-refractivity contribution in [3.05, 3.63) is 52.1 Å². The Bertz CT molecular complexity index is 1600. The molecule has 2 amide bonds. The first-order valence-corrected chi connectivity index (χ1v) is 15.7. The number of benzene rings is 2. The third-order valence-electron chi connectivity index (χ3n) is 7.30. The lowest BCUT2D eigenvalue weighted by Gasteiger charge is -2.25. The molecule has 1 heterocycles. The van der Waals surface area contributed by atoms with Gasteiger partial charge >= 0.3 is 5.97 Å². The number of amides is 2. The first kappa shape index (κ1) is 28.1. The minimum absolute atomic E-state index is 0.118. The summed E-state index contributed by atoms with van der Waals surface area (Å²) < 4.78 is 29.8. The van der Waals surface area contributed by atoms with E-state index in [1.807, 2.05) is 30.3 Å². The molecule has 2 aromatic carbocycles. The predicted octanol–water partition coefficient (Wildman–Crippen LogP) is 3.02. The summed E-state index contributed by atoms with van der Waals surface area (Å²) in [6.45, 7) is 0.334. The number of aliphatic carboxylic acids is 1. The predicted molar refractivity (Wildman–Crippen MR) is 153 cm³/mol. The Labute approximate surface area is 240 Å². The number of hydrogen-bond donors (Lipinski definition) is 3. The number of nitrogens with zero attached hydrogens (tertiary/aromatic N) is 3. The number of fused-ring (bicyclic) bond motifs is 1. The van der Waals surface area contributed by atoms with Crippen molar-refractivity contribution in [3.8, 4) is 5.69 Å². The molecule has 3 aromatic rings. The normalized spacial score (nSPS) is 18.4. The highest BCUT2D eigenvalue weighted by atomic mass is 79.9. The summed E-state index contributed by atoms with van der Waals surface area (Å²) in [7, 11) is -2.14. The molecule has 2 fully saturated rings. The molecule has 2 aliphatic rings. The van der Waals surface area contributed by atoms with Gasteiger partial charge in [0.05, 0.1) is 35.0 Å². The third-order valence-corrected chi connectivity index (χ3v) is 9.01. The van der Waals surface area contributed by atoms with Gasteiger partial charge in [0, 0.05) is 30.0 Å². The zero-order valence-electron chi connectivity index (χ0n) is 22.1. The second-order valence-corrected chi connectivity index (χ2v) is 13.1. The van der Waals surface area contributed by atoms with Crippen LogP contribution in [0.4, 0.5) is 5.69 Å². The van der Waals surface area contributed by atoms with Gasteiger partial charge in [-0.25, -0.2) is 13.1 Å². The van der Waals surface area contributed by atoms with Gasteiger partial charge in [-0.05, 0) is 73.6 Å². The Morgan fingerprint density at radius 3 is 2.42 bits per heavy atom. The molecule has 3 N–H and O–H groups in total. The van der Waals surface area contributed by atoms with E-state index in [0.29, 0.717) is 40.8 Å². The molecular weight excluding hydrogens is 602 g/mol. The summed E-state index contributed by atoms with van der Waals surface area (Å²) in [5.41, 5.74) is 2.88. The van der Waals surface area contributed by atoms with Gasteiger partial charge in [-0.2, -0.15) is 5.10 Å². The molecule has 0 aliphatic heterocycles. The van der Waals surface area contributed by atoms with Crippen molar-refractivity contribution in [2.24, 2.45) is 11.8 Å². The summed E-state index contributed by atoms with van der Waals surface area (Å²) in [6, 6.07) is 11.0. The summed E-state index contributed by atoms with van der Waals surface area (Å²) in [4.78, 5) is 36.3. The standard InChI is InChI=1S/C27H30BrN5O6S/c1-29-26(35)24-21-12-18(15-4-5-15)23(14-22(21)31-33(24)17-8-6-16(28)7-9-17)32(40(2,38)39)11-3-10-30-25(34)19-13-20(19)27(36)37/h6-9,12,14-15,19-20H,3-5,10-11,13H2,1-2H3,(H,29,35)(H,30,34)(H,36,37)/t19-,20-/m0/s1. The molecule has 2 saturated carbocycles. The van der Waals surface area contributed by atoms with Crippen LogP contribution in [-0.4, -0.2) is 67.5 Å². The van der Waals surface area contributed by atoms with E-state index in [1.54, 1.807) is 17.8 Å². The van der Waals surface area contributed by atoms with Crippen molar-refractivity contribution in [1.29, 1.82) is 0 Å². The van der Waals surface area contributed by atoms with E-state index in [2.05, 4.69) is 26.6 Å². The number of hydrogen-bond acceptors (Lipinski definition) is 6. The molecule has 0 spiro atoms. The lowest BCUT2D eigenvalue weighted by molar-refractivity contribution is -0.140. The summed E-state index contributed by atoms with van der Waals surface area (Å²) in [5.74, 6) is -2.61. The number of rotatable bonds is 11. The molecule has 1 aromatic heterocycles. The van der Waals surface area contributed by atoms with E-state index in [4.69, 9.17) is 10.2 Å². The van der Waals surface area contributed by atoms with E-state index < -0.39 is 27.8 Å². The summed E-state index contributed by atoms with van der Waals surface area (Å²) in [6.07, 6.45) is 3.63. The molecule has 0 unspecified atom stereocenters. The van der Waals surface area contributed by atoms with E-state index in [0.717, 1.165) is 29.1 Å². The first-order chi connectivity index (χ1) is 19.0. The largest absolute Gasteiger partial charge is 0.481 e. The quantitative estimate of drug-likeness (QED) is 0.275. The van der Waals surface area contributed by atoms with E-state index in [1.165, 1.54) is 4.31 Å². The van der Waals surface area contributed by atoms with Gasteiger partial charge in [-0.3, -0.25) is 18.7 Å². The maximum absolute atomic E-state index is 13.0. The van der Waals surface area contributed by atoms with E-state index in [9.17, 15) is 22.8 Å². The van der Waals surface area contributed by atoms with Crippen LogP contribution >= 0.6 is 15.9 Å². The number of carbonyl (C=O) groups is 3. The van der Waals surface area contributed by atoms with Crippen molar-refractivity contribution in [2.75, 3.05) is 30.7 Å². The molecule has 40 heavy (non-hydrogen) atoms. The minimum Gasteiger partial charge on any atom is -0.481 e. The molecule has 2 atom stereocenters. The van der Waals surface area contributed by atoms with Crippen LogP contribution in [-0.2, 0) is 19.6 Å². The average molecular weight is 633 g/mol. The number of carbonyl (C=O) groups excluding carboxylic acids is 2. The number of carboxylic acid groups (broad SMARTS) is 1. The van der Waals surface area contributed by atoms with Crippen LogP contribution in [0.5, 0.6) is 0 Å². The average Bonchev–Trinajstić information content (AvgIpc) is 3.83. The molecule has 2 aliphatic carbocycles. The summed E-state index contributed by atoms with van der Waals surface area (Å²) >= 11 is 3.42. The number of anilines is 1. The number of aromatic nitrogens is 2. The van der Waals surface area contributed by atoms with Crippen molar-refractivity contribution < 1.29 is 27.9 Å². The second kappa shape index (κ2) is 10.8. The van der Waals surface area contributed by atoms with Gasteiger partial charge in [0.1, 0.15) is 5.69 Å². The molecule has 11 nitrogen and oxygen atoms in total. The van der Waals surface area contributed by atoms with Gasteiger partial charge in [0.15, 0.2) is 0 Å². The zero-order valence-corrected chi connectivity index (χ0v) is 24.5. The molecule has 5 rings (SSSR count). The van der Waals surface area contributed by atoms with Crippen LogP contribution < -0.4 is 14.9 Å². The number of halogens is 1. The fourth-order valence-electron chi connectivity index (χ4n) is 4.97. The first-order valence-electron chi connectivity index (χ1n) is 13.0. The topological polar surface area (TPSA) is 151 Å². The van der Waals surface area contributed by atoms with Gasteiger partial charge < -0.3 is 15.7 Å². The smallest absolute Gasteiger partial charge is 0.307 e. The Hall–Kier alpha value is -3.45. The third kappa shape index (κ3) is 5.71. The number of nitrogens with one attached hydrogen (secondary N) is 2. The van der Waals surface area contributed by atoms with Crippen LogP contribution in [0.25, 0.3) is 16.6 Å². The molecule has 0 radical (unpaired) electrons. The Morgan fingerprint density at radius 1 is 1.15 bits per heavy atom. The van der Waals surface area contributed by atoms with Crippen LogP contribution in [0.15, 0.2) is 40.9 Å².